The number of fused-ring (bicyclic) bond motifs is 1. The normalized spacial score (nSPS) is 37.0. The van der Waals surface area contributed by atoms with Gasteiger partial charge in [-0.2, -0.15) is 8.42 Å². The summed E-state index contributed by atoms with van der Waals surface area (Å²) < 4.78 is 37.3. The van der Waals surface area contributed by atoms with Gasteiger partial charge in [0.1, 0.15) is 6.10 Å². The van der Waals surface area contributed by atoms with Gasteiger partial charge >= 0.3 is 5.69 Å². The third-order valence-corrected chi connectivity index (χ3v) is 3.95. The third-order valence-electron chi connectivity index (χ3n) is 3.38. The number of hydrogen-bond acceptors (Lipinski definition) is 9. The molecule has 12 heteroatoms. The first-order valence-corrected chi connectivity index (χ1v) is 7.85. The van der Waals surface area contributed by atoms with Crippen LogP contribution in [0.2, 0.25) is 0 Å². The lowest BCUT2D eigenvalue weighted by molar-refractivity contribution is -0.180. The van der Waals surface area contributed by atoms with Crippen molar-refractivity contribution in [3.63, 3.8) is 0 Å². The second-order valence-electron chi connectivity index (χ2n) is 4.98. The number of nitrogens with zero attached hydrogens (tertiary/aromatic N) is 1. The molecule has 0 spiro atoms. The molecule has 122 valence electrons. The molecule has 0 aliphatic carbocycles. The molecule has 11 nitrogen and oxygen atoms in total. The van der Waals surface area contributed by atoms with Crippen molar-refractivity contribution in [1.29, 1.82) is 0 Å². The zero-order chi connectivity index (χ0) is 16.3. The number of hydrogen-bond donors (Lipinski definition) is 3. The lowest BCUT2D eigenvalue weighted by atomic mass is 10.1. The second kappa shape index (κ2) is 4.47. The van der Waals surface area contributed by atoms with Crippen LogP contribution in [0.4, 0.5) is 0 Å². The summed E-state index contributed by atoms with van der Waals surface area (Å²) >= 11 is 0. The van der Waals surface area contributed by atoms with Crippen LogP contribution in [0.25, 0.3) is 0 Å². The van der Waals surface area contributed by atoms with Crippen LogP contribution >= 0.6 is 0 Å². The summed E-state index contributed by atoms with van der Waals surface area (Å²) in [6.45, 7) is -0.619. The number of H-pyrrole nitrogens is 1. The molecule has 0 aromatic carbocycles. The maximum Gasteiger partial charge on any atom is 0.330 e. The van der Waals surface area contributed by atoms with Crippen LogP contribution < -0.4 is 11.2 Å². The summed E-state index contributed by atoms with van der Waals surface area (Å²) in [7, 11) is -3.80. The van der Waals surface area contributed by atoms with Gasteiger partial charge in [0, 0.05) is 12.3 Å². The molecule has 3 N–H and O–H groups in total. The first kappa shape index (κ1) is 15.3. The quantitative estimate of drug-likeness (QED) is 0.380. The van der Waals surface area contributed by atoms with Crippen molar-refractivity contribution in [3.05, 3.63) is 33.1 Å². The van der Waals surface area contributed by atoms with Crippen molar-refractivity contribution in [1.82, 2.24) is 9.55 Å². The van der Waals surface area contributed by atoms with E-state index in [4.69, 9.17) is 9.47 Å². The molecule has 1 aromatic heterocycles. The van der Waals surface area contributed by atoms with Crippen LogP contribution in [-0.2, 0) is 23.8 Å². The molecule has 2 aliphatic rings. The Morgan fingerprint density at radius 2 is 2.09 bits per heavy atom. The number of aliphatic hydroxyl groups is 2. The SMILES string of the molecule is CS(=O)(=O)OC[C@H]1O[C@@H](n2ccc(=O)[nH]c2=O)[C@@]2(O)O[C@@]12O. The van der Waals surface area contributed by atoms with Gasteiger partial charge in [-0.05, 0) is 0 Å². The van der Waals surface area contributed by atoms with E-state index in [2.05, 4.69) is 4.18 Å². The second-order valence-corrected chi connectivity index (χ2v) is 6.62. The molecule has 2 fully saturated rings. The summed E-state index contributed by atoms with van der Waals surface area (Å²) in [4.78, 5) is 24.7. The van der Waals surface area contributed by atoms with E-state index in [9.17, 15) is 28.2 Å². The zero-order valence-corrected chi connectivity index (χ0v) is 11.9. The smallest absolute Gasteiger partial charge is 0.330 e. The van der Waals surface area contributed by atoms with Crippen molar-refractivity contribution in [2.75, 3.05) is 12.9 Å². The van der Waals surface area contributed by atoms with Gasteiger partial charge in [-0.25, -0.2) is 4.79 Å². The molecular formula is C10H12N2O9S. The Kier molecular flexibility index (Phi) is 3.11. The predicted molar refractivity (Wildman–Crippen MR) is 67.0 cm³/mol. The molecule has 2 aliphatic heterocycles. The highest BCUT2D eigenvalue weighted by Crippen LogP contribution is 2.60. The van der Waals surface area contributed by atoms with Crippen LogP contribution in [0.15, 0.2) is 21.9 Å². The fraction of sp³-hybridized carbons (Fsp3) is 0.600. The standard InChI is InChI=1S/C10H12N2O9S/c1-22(17,18)19-4-5-9(15)10(16,21-9)7(20-5)12-3-2-6(13)11-8(12)14/h2-3,5,7,15-16H,4H2,1H3,(H,11,13,14)/t5-,7-,9+,10-/m1/s1. The number of epoxide rings is 1. The highest BCUT2D eigenvalue weighted by atomic mass is 32.2. The topological polar surface area (TPSA) is 160 Å². The molecule has 0 amide bonds. The summed E-state index contributed by atoms with van der Waals surface area (Å²) in [5.74, 6) is -4.46. The highest BCUT2D eigenvalue weighted by Gasteiger charge is 2.84. The molecule has 22 heavy (non-hydrogen) atoms. The number of aromatic amines is 1. The fourth-order valence-electron chi connectivity index (χ4n) is 2.28. The minimum Gasteiger partial charge on any atom is -0.359 e. The first-order chi connectivity index (χ1) is 10.1. The van der Waals surface area contributed by atoms with Crippen LogP contribution in [0.3, 0.4) is 0 Å². The van der Waals surface area contributed by atoms with Crippen molar-refractivity contribution < 1.29 is 32.3 Å². The summed E-state index contributed by atoms with van der Waals surface area (Å²) in [5, 5.41) is 20.3. The van der Waals surface area contributed by atoms with E-state index in [1.807, 2.05) is 4.98 Å². The molecule has 0 unspecified atom stereocenters. The number of ether oxygens (including phenoxy) is 2. The van der Waals surface area contributed by atoms with E-state index < -0.39 is 51.9 Å². The van der Waals surface area contributed by atoms with Crippen molar-refractivity contribution in [2.45, 2.75) is 23.9 Å². The van der Waals surface area contributed by atoms with Gasteiger partial charge in [0.05, 0.1) is 12.9 Å². The molecule has 4 atom stereocenters. The minimum atomic E-state index is -3.80. The van der Waals surface area contributed by atoms with E-state index in [0.29, 0.717) is 0 Å². The average Bonchev–Trinajstić information content (AvgIpc) is 2.87. The summed E-state index contributed by atoms with van der Waals surface area (Å²) in [6.07, 6.45) is -0.979. The molecule has 1 aromatic rings. The largest absolute Gasteiger partial charge is 0.359 e. The average molecular weight is 336 g/mol. The maximum atomic E-state index is 11.7. The molecule has 2 saturated heterocycles. The van der Waals surface area contributed by atoms with E-state index in [0.717, 1.165) is 23.1 Å². The molecule has 3 rings (SSSR count). The van der Waals surface area contributed by atoms with Gasteiger partial charge in [0.25, 0.3) is 27.3 Å². The number of rotatable bonds is 4. The van der Waals surface area contributed by atoms with Crippen LogP contribution in [0.5, 0.6) is 0 Å². The van der Waals surface area contributed by atoms with Gasteiger partial charge in [-0.15, -0.1) is 0 Å². The van der Waals surface area contributed by atoms with Crippen molar-refractivity contribution >= 4 is 10.1 Å². The van der Waals surface area contributed by atoms with Crippen LogP contribution in [0.1, 0.15) is 6.23 Å². The van der Waals surface area contributed by atoms with Crippen LogP contribution in [0, 0.1) is 0 Å². The molecule has 0 radical (unpaired) electrons. The Hall–Kier alpha value is -1.57. The van der Waals surface area contributed by atoms with E-state index in [-0.39, 0.29) is 0 Å². The lowest BCUT2D eigenvalue weighted by Gasteiger charge is -2.20. The molecular weight excluding hydrogens is 324 g/mol. The van der Waals surface area contributed by atoms with Gasteiger partial charge < -0.3 is 19.7 Å². The first-order valence-electron chi connectivity index (χ1n) is 6.03. The molecule has 3 heterocycles. The molecule has 0 saturated carbocycles. The Morgan fingerprint density at radius 1 is 1.41 bits per heavy atom. The lowest BCUT2D eigenvalue weighted by Crippen LogP contribution is -2.38. The monoisotopic (exact) mass is 336 g/mol. The number of nitrogens with one attached hydrogen (secondary N) is 1. The minimum absolute atomic E-state index is 0.619. The highest BCUT2D eigenvalue weighted by molar-refractivity contribution is 7.85. The van der Waals surface area contributed by atoms with Gasteiger partial charge in [-0.1, -0.05) is 0 Å². The summed E-state index contributed by atoms with van der Waals surface area (Å²) in [6, 6.07) is 1.01. The Bertz CT molecular complexity index is 829. The van der Waals surface area contributed by atoms with E-state index in [1.165, 1.54) is 0 Å². The number of aromatic nitrogens is 2. The van der Waals surface area contributed by atoms with Crippen molar-refractivity contribution in [2.24, 2.45) is 0 Å². The van der Waals surface area contributed by atoms with Gasteiger partial charge in [-0.3, -0.25) is 18.5 Å². The third kappa shape index (κ3) is 2.20. The Labute approximate surface area is 122 Å². The summed E-state index contributed by atoms with van der Waals surface area (Å²) in [5.41, 5.74) is -1.55. The van der Waals surface area contributed by atoms with Crippen LogP contribution in [-0.4, -0.2) is 58.7 Å². The molecule has 0 bridgehead atoms. The van der Waals surface area contributed by atoms with Gasteiger partial charge in [0.2, 0.25) is 0 Å². The van der Waals surface area contributed by atoms with E-state index >= 15 is 0 Å². The Morgan fingerprint density at radius 3 is 2.68 bits per heavy atom. The fourth-order valence-corrected chi connectivity index (χ4v) is 2.65. The van der Waals surface area contributed by atoms with E-state index in [1.54, 1.807) is 0 Å². The maximum absolute atomic E-state index is 11.7. The van der Waals surface area contributed by atoms with Gasteiger partial charge in [0.15, 0.2) is 6.23 Å². The van der Waals surface area contributed by atoms with Crippen molar-refractivity contribution in [3.8, 4) is 0 Å². The predicted octanol–water partition coefficient (Wildman–Crippen LogP) is -3.18. The zero-order valence-electron chi connectivity index (χ0n) is 11.1. The Balaban J connectivity index is 1.89.